The molecule has 4 aromatic carbocycles. The summed E-state index contributed by atoms with van der Waals surface area (Å²) >= 11 is 0. The molecule has 0 radical (unpaired) electrons. The molecule has 9 nitrogen and oxygen atoms in total. The molecule has 4 rings (SSSR count). The number of halogens is 2. The van der Waals surface area contributed by atoms with Crippen LogP contribution in [-0.4, -0.2) is 24.8 Å². The lowest BCUT2D eigenvalue weighted by molar-refractivity contribution is -0.119. The first-order valence-electron chi connectivity index (χ1n) is 13.1. The average Bonchev–Trinajstić information content (AvgIpc) is 2.99. The van der Waals surface area contributed by atoms with Gasteiger partial charge in [-0.15, -0.1) is 0 Å². The number of nitrogens with one attached hydrogen (secondary N) is 3. The normalized spacial score (nSPS) is 11.4. The molecule has 0 bridgehead atoms. The van der Waals surface area contributed by atoms with Gasteiger partial charge in [0.15, 0.2) is 17.4 Å². The van der Waals surface area contributed by atoms with Gasteiger partial charge in [0.25, 0.3) is 0 Å². The molecule has 0 saturated carbocycles. The van der Waals surface area contributed by atoms with E-state index in [2.05, 4.69) is 20.9 Å². The Morgan fingerprint density at radius 1 is 0.907 bits per heavy atom. The molecule has 0 fully saturated rings. The highest BCUT2D eigenvalue weighted by molar-refractivity contribution is 6.01. The minimum absolute atomic E-state index is 0.0872. The summed E-state index contributed by atoms with van der Waals surface area (Å²) in [6.07, 6.45) is 1.26. The number of nitrogens with zero attached hydrogens (tertiary/aromatic N) is 1. The lowest BCUT2D eigenvalue weighted by Gasteiger charge is -2.12. The maximum atomic E-state index is 14.8. The third-order valence-corrected chi connectivity index (χ3v) is 5.81. The molecule has 4 aromatic rings. The van der Waals surface area contributed by atoms with Crippen LogP contribution in [0.25, 0.3) is 0 Å². The molecule has 0 aromatic heterocycles. The standard InChI is InChI=1S/C32H29F2N5O4/c1-36-31(19-29(35)37-24-11-14-26(15-12-24)42-20-22-5-3-2-4-6-22)43-28-16-13-25(18-27(28)34)38-32(41)39-30(40)17-21-7-9-23(33)10-8-21/h2-16,18-19,36H,17,20H2,1H3,(H2,35,37)(H2,38,39,40,41)/b31-19+. The second kappa shape index (κ2) is 14.8. The quantitative estimate of drug-likeness (QED) is 0.104. The zero-order valence-corrected chi connectivity index (χ0v) is 23.1. The zero-order valence-electron chi connectivity index (χ0n) is 23.1. The molecule has 0 heterocycles. The smallest absolute Gasteiger partial charge is 0.325 e. The molecule has 0 atom stereocenters. The maximum Gasteiger partial charge on any atom is 0.325 e. The first kappa shape index (κ1) is 30.3. The van der Waals surface area contributed by atoms with E-state index in [1.165, 1.54) is 42.5 Å². The molecule has 11 heteroatoms. The van der Waals surface area contributed by atoms with Crippen molar-refractivity contribution in [2.24, 2.45) is 10.7 Å². The van der Waals surface area contributed by atoms with Crippen molar-refractivity contribution in [3.8, 4) is 11.5 Å². The molecule has 0 aliphatic carbocycles. The molecule has 0 aliphatic rings. The highest BCUT2D eigenvalue weighted by Gasteiger charge is 2.12. The molecule has 0 aliphatic heterocycles. The van der Waals surface area contributed by atoms with Crippen LogP contribution in [0.4, 0.5) is 25.0 Å². The van der Waals surface area contributed by atoms with Crippen LogP contribution >= 0.6 is 0 Å². The van der Waals surface area contributed by atoms with Gasteiger partial charge in [-0.3, -0.25) is 10.1 Å². The number of benzene rings is 4. The van der Waals surface area contributed by atoms with Gasteiger partial charge in [0.05, 0.1) is 12.1 Å². The summed E-state index contributed by atoms with van der Waals surface area (Å²) in [6.45, 7) is 0.441. The van der Waals surface area contributed by atoms with Crippen molar-refractivity contribution in [1.29, 1.82) is 0 Å². The van der Waals surface area contributed by atoms with Gasteiger partial charge in [0, 0.05) is 24.9 Å². The third kappa shape index (κ3) is 9.71. The van der Waals surface area contributed by atoms with Gasteiger partial charge >= 0.3 is 6.03 Å². The topological polar surface area (TPSA) is 127 Å². The summed E-state index contributed by atoms with van der Waals surface area (Å²) < 4.78 is 39.1. The van der Waals surface area contributed by atoms with Crippen molar-refractivity contribution in [3.05, 3.63) is 132 Å². The molecular weight excluding hydrogens is 556 g/mol. The van der Waals surface area contributed by atoms with Crippen LogP contribution in [0.5, 0.6) is 11.5 Å². The maximum absolute atomic E-state index is 14.8. The third-order valence-electron chi connectivity index (χ3n) is 5.81. The van der Waals surface area contributed by atoms with Gasteiger partial charge in [-0.25, -0.2) is 18.6 Å². The van der Waals surface area contributed by atoms with Crippen LogP contribution < -0.4 is 31.2 Å². The number of ether oxygens (including phenoxy) is 2. The largest absolute Gasteiger partial charge is 0.489 e. The van der Waals surface area contributed by atoms with E-state index < -0.39 is 23.6 Å². The van der Waals surface area contributed by atoms with Crippen LogP contribution in [0.15, 0.2) is 114 Å². The zero-order chi connectivity index (χ0) is 30.6. The second-order valence-electron chi connectivity index (χ2n) is 9.12. The van der Waals surface area contributed by atoms with E-state index in [0.29, 0.717) is 23.6 Å². The number of hydrogen-bond donors (Lipinski definition) is 4. The van der Waals surface area contributed by atoms with E-state index in [0.717, 1.165) is 11.6 Å². The highest BCUT2D eigenvalue weighted by atomic mass is 19.1. The number of anilines is 1. The number of carbonyl (C=O) groups is 2. The van der Waals surface area contributed by atoms with Crippen molar-refractivity contribution in [3.63, 3.8) is 0 Å². The molecule has 43 heavy (non-hydrogen) atoms. The van der Waals surface area contributed by atoms with Crippen molar-refractivity contribution < 1.29 is 27.8 Å². The number of carbonyl (C=O) groups excluding carboxylic acids is 2. The number of amidine groups is 1. The SMILES string of the molecule is CN/C(=C\C(N)=Nc1ccc(OCc2ccccc2)cc1)Oc1ccc(NC(=O)NC(=O)Cc2ccc(F)cc2)cc1F. The fraction of sp³-hybridized carbons (Fsp3) is 0.0938. The summed E-state index contributed by atoms with van der Waals surface area (Å²) in [5.41, 5.74) is 8.30. The van der Waals surface area contributed by atoms with Crippen molar-refractivity contribution >= 4 is 29.1 Å². The number of nitrogens with two attached hydrogens (primary N) is 1. The predicted molar refractivity (Wildman–Crippen MR) is 160 cm³/mol. The van der Waals surface area contributed by atoms with E-state index in [4.69, 9.17) is 15.2 Å². The number of imide groups is 1. The molecule has 220 valence electrons. The van der Waals surface area contributed by atoms with Crippen molar-refractivity contribution in [2.75, 3.05) is 12.4 Å². The molecular formula is C32H29F2N5O4. The minimum Gasteiger partial charge on any atom is -0.489 e. The van der Waals surface area contributed by atoms with E-state index >= 15 is 0 Å². The van der Waals surface area contributed by atoms with E-state index in [-0.39, 0.29) is 29.6 Å². The van der Waals surface area contributed by atoms with Crippen LogP contribution in [0.3, 0.4) is 0 Å². The highest BCUT2D eigenvalue weighted by Crippen LogP contribution is 2.23. The van der Waals surface area contributed by atoms with Gasteiger partial charge in [-0.1, -0.05) is 42.5 Å². The van der Waals surface area contributed by atoms with Crippen LogP contribution in [0.2, 0.25) is 0 Å². The van der Waals surface area contributed by atoms with Gasteiger partial charge in [0.2, 0.25) is 5.91 Å². The van der Waals surface area contributed by atoms with Gasteiger partial charge < -0.3 is 25.8 Å². The fourth-order valence-corrected chi connectivity index (χ4v) is 3.73. The minimum atomic E-state index is -0.851. The summed E-state index contributed by atoms with van der Waals surface area (Å²) in [5, 5.41) is 7.29. The predicted octanol–water partition coefficient (Wildman–Crippen LogP) is 5.56. The number of rotatable bonds is 11. The number of aliphatic imine (C=N–C) groups is 1. The Hall–Kier alpha value is -5.71. The second-order valence-corrected chi connectivity index (χ2v) is 9.12. The summed E-state index contributed by atoms with van der Waals surface area (Å²) in [5.74, 6) is -1.07. The van der Waals surface area contributed by atoms with Crippen LogP contribution in [0.1, 0.15) is 11.1 Å². The Bertz CT molecular complexity index is 1610. The Balaban J connectivity index is 1.30. The first-order chi connectivity index (χ1) is 20.8. The number of amides is 3. The summed E-state index contributed by atoms with van der Waals surface area (Å²) in [6, 6.07) is 25.0. The van der Waals surface area contributed by atoms with E-state index in [9.17, 15) is 18.4 Å². The Morgan fingerprint density at radius 2 is 1.63 bits per heavy atom. The fourth-order valence-electron chi connectivity index (χ4n) is 3.73. The monoisotopic (exact) mass is 585 g/mol. The van der Waals surface area contributed by atoms with Crippen molar-refractivity contribution in [2.45, 2.75) is 13.0 Å². The van der Waals surface area contributed by atoms with Crippen LogP contribution in [-0.2, 0) is 17.8 Å². The van der Waals surface area contributed by atoms with Gasteiger partial charge in [-0.05, 0) is 59.7 Å². The molecule has 0 spiro atoms. The number of hydrogen-bond acceptors (Lipinski definition) is 6. The molecule has 0 unspecified atom stereocenters. The number of urea groups is 1. The van der Waals surface area contributed by atoms with E-state index in [1.54, 1.807) is 31.3 Å². The lowest BCUT2D eigenvalue weighted by Crippen LogP contribution is -2.35. The van der Waals surface area contributed by atoms with Crippen LogP contribution in [0, 0.1) is 11.6 Å². The summed E-state index contributed by atoms with van der Waals surface area (Å²) in [4.78, 5) is 28.5. The Labute approximate surface area is 247 Å². The van der Waals surface area contributed by atoms with Crippen molar-refractivity contribution in [1.82, 2.24) is 10.6 Å². The molecule has 5 N–H and O–H groups in total. The first-order valence-corrected chi connectivity index (χ1v) is 13.1. The molecule has 0 saturated heterocycles. The van der Waals surface area contributed by atoms with Gasteiger partial charge in [0.1, 0.15) is 24.0 Å². The Kier molecular flexibility index (Phi) is 10.4. The van der Waals surface area contributed by atoms with Gasteiger partial charge in [-0.2, -0.15) is 0 Å². The Morgan fingerprint density at radius 3 is 2.30 bits per heavy atom. The average molecular weight is 586 g/mol. The molecule has 3 amide bonds. The summed E-state index contributed by atoms with van der Waals surface area (Å²) in [7, 11) is 1.57. The van der Waals surface area contributed by atoms with E-state index in [1.807, 2.05) is 30.3 Å². The lowest BCUT2D eigenvalue weighted by atomic mass is 10.1.